The molecule has 2 bridgehead atoms. The summed E-state index contributed by atoms with van der Waals surface area (Å²) in [5.41, 5.74) is -1.14. The van der Waals surface area contributed by atoms with Crippen molar-refractivity contribution in [3.63, 3.8) is 0 Å². The minimum absolute atomic E-state index is 0.0686. The molecule has 0 aromatic heterocycles. The predicted octanol–water partition coefficient (Wildman–Crippen LogP) is 2.12. The Morgan fingerprint density at radius 3 is 2.09 bits per heavy atom. The van der Waals surface area contributed by atoms with Crippen LogP contribution in [-0.4, -0.2) is 69.8 Å². The second-order valence-corrected chi connectivity index (χ2v) is 13.5. The van der Waals surface area contributed by atoms with Crippen molar-refractivity contribution in [2.75, 3.05) is 38.5 Å². The fourth-order valence-electron chi connectivity index (χ4n) is 5.72. The van der Waals surface area contributed by atoms with Gasteiger partial charge in [-0.3, -0.25) is 4.79 Å². The Morgan fingerprint density at radius 1 is 1.00 bits per heavy atom. The molecule has 1 aromatic carbocycles. The lowest BCUT2D eigenvalue weighted by molar-refractivity contribution is -0.128. The van der Waals surface area contributed by atoms with Gasteiger partial charge >= 0.3 is 0 Å². The molecule has 2 saturated carbocycles. The maximum absolute atomic E-state index is 13.3. The van der Waals surface area contributed by atoms with E-state index in [4.69, 9.17) is 4.74 Å². The monoisotopic (exact) mass is 484 g/mol. The van der Waals surface area contributed by atoms with E-state index in [-0.39, 0.29) is 53.9 Å². The quantitative estimate of drug-likeness (QED) is 0.588. The topological polar surface area (TPSA) is 101 Å². The Hall–Kier alpha value is -1.49. The van der Waals surface area contributed by atoms with Gasteiger partial charge in [-0.25, -0.2) is 16.8 Å². The average Bonchev–Trinajstić information content (AvgIpc) is 3.08. The number of carbonyl (C=O) groups is 1. The van der Waals surface area contributed by atoms with E-state index in [0.29, 0.717) is 25.2 Å². The summed E-state index contributed by atoms with van der Waals surface area (Å²) >= 11 is 0. The fraction of sp³-hybridized carbons (Fsp3) is 0.682. The van der Waals surface area contributed by atoms with Crippen molar-refractivity contribution in [2.24, 2.45) is 16.7 Å². The Morgan fingerprint density at radius 2 is 1.59 bits per heavy atom. The fourth-order valence-corrected chi connectivity index (χ4v) is 9.35. The third kappa shape index (κ3) is 3.69. The molecule has 178 valence electrons. The van der Waals surface area contributed by atoms with Crippen molar-refractivity contribution in [3.05, 3.63) is 24.3 Å². The highest BCUT2D eigenvalue weighted by molar-refractivity contribution is 7.89. The number of fused-ring (bicyclic) bond motifs is 2. The van der Waals surface area contributed by atoms with Gasteiger partial charge in [-0.15, -0.1) is 0 Å². The summed E-state index contributed by atoms with van der Waals surface area (Å²) in [4.78, 5) is 12.9. The first-order valence-electron chi connectivity index (χ1n) is 11.2. The molecule has 1 heterocycles. The van der Waals surface area contributed by atoms with Crippen molar-refractivity contribution in [1.82, 2.24) is 8.61 Å². The van der Waals surface area contributed by atoms with E-state index >= 15 is 0 Å². The van der Waals surface area contributed by atoms with E-state index in [1.165, 1.54) is 20.7 Å². The number of carbonyl (C=O) groups excluding carboxylic acids is 1. The van der Waals surface area contributed by atoms with Crippen molar-refractivity contribution in [3.8, 4) is 5.75 Å². The van der Waals surface area contributed by atoms with Crippen LogP contribution in [0.4, 0.5) is 0 Å². The summed E-state index contributed by atoms with van der Waals surface area (Å²) in [7, 11) is -7.41. The van der Waals surface area contributed by atoms with E-state index < -0.39 is 25.5 Å². The highest BCUT2D eigenvalue weighted by Crippen LogP contribution is 2.64. The molecular weight excluding hydrogens is 452 g/mol. The van der Waals surface area contributed by atoms with Crippen molar-refractivity contribution in [1.29, 1.82) is 0 Å². The molecule has 0 radical (unpaired) electrons. The van der Waals surface area contributed by atoms with Crippen molar-refractivity contribution >= 4 is 25.8 Å². The zero-order valence-corrected chi connectivity index (χ0v) is 20.5. The molecule has 0 spiro atoms. The van der Waals surface area contributed by atoms with Gasteiger partial charge in [0.25, 0.3) is 0 Å². The van der Waals surface area contributed by atoms with E-state index in [1.54, 1.807) is 12.1 Å². The summed E-state index contributed by atoms with van der Waals surface area (Å²) in [6.45, 7) is 6.74. The first-order chi connectivity index (χ1) is 14.9. The largest absolute Gasteiger partial charge is 0.494 e. The van der Waals surface area contributed by atoms with Crippen LogP contribution in [0.25, 0.3) is 0 Å². The van der Waals surface area contributed by atoms with Crippen LogP contribution in [0.2, 0.25) is 0 Å². The molecule has 3 fully saturated rings. The number of benzene rings is 1. The molecule has 8 nitrogen and oxygen atoms in total. The van der Waals surface area contributed by atoms with Gasteiger partial charge in [0.05, 0.1) is 17.3 Å². The van der Waals surface area contributed by atoms with Gasteiger partial charge < -0.3 is 4.74 Å². The average molecular weight is 485 g/mol. The number of hydrogen-bond donors (Lipinski definition) is 0. The molecule has 1 aromatic rings. The molecule has 4 rings (SSSR count). The predicted molar refractivity (Wildman–Crippen MR) is 120 cm³/mol. The summed E-state index contributed by atoms with van der Waals surface area (Å²) in [6.07, 6.45) is 1.98. The molecule has 2 aliphatic carbocycles. The molecule has 1 aliphatic heterocycles. The van der Waals surface area contributed by atoms with Crippen LogP contribution in [0, 0.1) is 16.7 Å². The van der Waals surface area contributed by atoms with E-state index in [9.17, 15) is 21.6 Å². The van der Waals surface area contributed by atoms with Crippen LogP contribution >= 0.6 is 0 Å². The molecule has 3 aliphatic rings. The Balaban J connectivity index is 1.44. The summed E-state index contributed by atoms with van der Waals surface area (Å²) in [5, 5.41) is 0. The molecule has 1 saturated heterocycles. The third-order valence-electron chi connectivity index (χ3n) is 7.93. The number of ketones is 1. The molecule has 0 N–H and O–H groups in total. The molecule has 2 unspecified atom stereocenters. The first-order valence-corrected chi connectivity index (χ1v) is 14.2. The SMILES string of the molecule is CCOc1ccc(S(=O)(=O)N2CCN(S(=O)(=O)CC34CCC(CC3=O)C4(C)C)CC2)cc1. The van der Waals surface area contributed by atoms with Crippen LogP contribution < -0.4 is 4.74 Å². The standard InChI is InChI=1S/C22H32N2O6S2/c1-4-30-18-5-7-19(8-6-18)32(28,29)24-13-11-23(12-14-24)31(26,27)16-22-10-9-17(15-20(22)25)21(22,2)3/h5-8,17H,4,9-16H2,1-3H3. The van der Waals surface area contributed by atoms with Crippen LogP contribution in [0.3, 0.4) is 0 Å². The number of sulfonamides is 2. The number of ether oxygens (including phenoxy) is 1. The smallest absolute Gasteiger partial charge is 0.243 e. The van der Waals surface area contributed by atoms with Gasteiger partial charge in [-0.05, 0) is 55.4 Å². The molecule has 10 heteroatoms. The Bertz CT molecular complexity index is 1090. The highest BCUT2D eigenvalue weighted by atomic mass is 32.2. The lowest BCUT2D eigenvalue weighted by Crippen LogP contribution is -2.53. The van der Waals surface area contributed by atoms with E-state index in [2.05, 4.69) is 0 Å². The van der Waals surface area contributed by atoms with Gasteiger partial charge in [0.2, 0.25) is 20.0 Å². The van der Waals surface area contributed by atoms with Gasteiger partial charge in [0, 0.05) is 38.0 Å². The van der Waals surface area contributed by atoms with Crippen LogP contribution in [0.15, 0.2) is 29.2 Å². The van der Waals surface area contributed by atoms with Crippen molar-refractivity contribution < 1.29 is 26.4 Å². The van der Waals surface area contributed by atoms with E-state index in [1.807, 2.05) is 20.8 Å². The minimum Gasteiger partial charge on any atom is -0.494 e. The molecular formula is C22H32N2O6S2. The van der Waals surface area contributed by atoms with Crippen LogP contribution in [-0.2, 0) is 24.8 Å². The third-order valence-corrected chi connectivity index (χ3v) is 11.9. The summed E-state index contributed by atoms with van der Waals surface area (Å²) in [5.74, 6) is 0.745. The number of nitrogens with zero attached hydrogens (tertiary/aromatic N) is 2. The maximum Gasteiger partial charge on any atom is 0.243 e. The normalized spacial score (nSPS) is 28.8. The highest BCUT2D eigenvalue weighted by Gasteiger charge is 2.65. The van der Waals surface area contributed by atoms with Gasteiger partial charge in [-0.1, -0.05) is 13.8 Å². The number of rotatable bonds is 7. The number of piperazine rings is 1. The van der Waals surface area contributed by atoms with Gasteiger partial charge in [0.1, 0.15) is 11.5 Å². The minimum atomic E-state index is -3.72. The Labute approximate surface area is 191 Å². The van der Waals surface area contributed by atoms with E-state index in [0.717, 1.165) is 6.42 Å². The molecule has 32 heavy (non-hydrogen) atoms. The zero-order chi connectivity index (χ0) is 23.4. The number of Topliss-reactive ketones (excluding diaryl/α,β-unsaturated/α-hetero) is 1. The molecule has 0 amide bonds. The lowest BCUT2D eigenvalue weighted by atomic mass is 9.70. The maximum atomic E-state index is 13.3. The van der Waals surface area contributed by atoms with Crippen LogP contribution in [0.5, 0.6) is 5.75 Å². The number of hydrogen-bond acceptors (Lipinski definition) is 6. The lowest BCUT2D eigenvalue weighted by Gasteiger charge is -2.39. The van der Waals surface area contributed by atoms with Crippen LogP contribution in [0.1, 0.15) is 40.0 Å². The van der Waals surface area contributed by atoms with Gasteiger partial charge in [-0.2, -0.15) is 8.61 Å². The summed E-state index contributed by atoms with van der Waals surface area (Å²) in [6, 6.07) is 6.25. The summed E-state index contributed by atoms with van der Waals surface area (Å²) < 4.78 is 60.6. The molecule has 2 atom stereocenters. The Kier molecular flexibility index (Phi) is 5.97. The van der Waals surface area contributed by atoms with Gasteiger partial charge in [0.15, 0.2) is 0 Å². The first kappa shape index (κ1) is 23.7. The second kappa shape index (κ2) is 8.07. The second-order valence-electron chi connectivity index (χ2n) is 9.63. The van der Waals surface area contributed by atoms with Crippen molar-refractivity contribution in [2.45, 2.75) is 44.9 Å². The zero-order valence-electron chi connectivity index (χ0n) is 18.9.